The predicted octanol–water partition coefficient (Wildman–Crippen LogP) is 4.09. The number of benzene rings is 2. The van der Waals surface area contributed by atoms with Crippen LogP contribution in [0.1, 0.15) is 28.4 Å². The molecule has 0 aliphatic heterocycles. The van der Waals surface area contributed by atoms with Crippen molar-refractivity contribution in [2.75, 3.05) is 11.9 Å². The number of esters is 1. The lowest BCUT2D eigenvalue weighted by Gasteiger charge is -2.08. The van der Waals surface area contributed by atoms with Crippen LogP contribution in [0.15, 0.2) is 42.5 Å². The van der Waals surface area contributed by atoms with Crippen molar-refractivity contribution in [3.05, 3.63) is 59.2 Å². The van der Waals surface area contributed by atoms with Gasteiger partial charge in [0.05, 0.1) is 12.2 Å². The molecule has 2 aromatic rings. The molecule has 0 spiro atoms. The Morgan fingerprint density at radius 1 is 1.00 bits per heavy atom. The van der Waals surface area contributed by atoms with Crippen LogP contribution in [-0.2, 0) is 4.74 Å². The standard InChI is InChI=1S/C18H19NO4/c1-4-22-18(21)19-15-7-9-16(10-8-15)23-17(20)14-6-5-12(2)13(3)11-14/h5-11H,4H2,1-3H3,(H,19,21). The number of nitrogens with one attached hydrogen (secondary N) is 1. The molecule has 0 unspecified atom stereocenters. The zero-order valence-corrected chi connectivity index (χ0v) is 13.4. The predicted molar refractivity (Wildman–Crippen MR) is 88.0 cm³/mol. The Morgan fingerprint density at radius 2 is 1.70 bits per heavy atom. The second-order valence-electron chi connectivity index (χ2n) is 5.06. The largest absolute Gasteiger partial charge is 0.450 e. The summed E-state index contributed by atoms with van der Waals surface area (Å²) >= 11 is 0. The van der Waals surface area contributed by atoms with Gasteiger partial charge < -0.3 is 9.47 Å². The molecule has 0 saturated heterocycles. The number of carbonyl (C=O) groups excluding carboxylic acids is 2. The van der Waals surface area contributed by atoms with Gasteiger partial charge >= 0.3 is 12.1 Å². The van der Waals surface area contributed by atoms with E-state index >= 15 is 0 Å². The van der Waals surface area contributed by atoms with Crippen molar-refractivity contribution in [3.63, 3.8) is 0 Å². The first-order valence-electron chi connectivity index (χ1n) is 7.33. The van der Waals surface area contributed by atoms with Crippen LogP contribution in [0.25, 0.3) is 0 Å². The van der Waals surface area contributed by atoms with Gasteiger partial charge in [-0.3, -0.25) is 5.32 Å². The Balaban J connectivity index is 2.01. The number of anilines is 1. The van der Waals surface area contributed by atoms with Gasteiger partial charge in [-0.25, -0.2) is 9.59 Å². The lowest BCUT2D eigenvalue weighted by Crippen LogP contribution is -2.13. The number of hydrogen-bond acceptors (Lipinski definition) is 4. The summed E-state index contributed by atoms with van der Waals surface area (Å²) in [6.07, 6.45) is -0.521. The van der Waals surface area contributed by atoms with Crippen LogP contribution in [0.2, 0.25) is 0 Å². The second-order valence-corrected chi connectivity index (χ2v) is 5.06. The van der Waals surface area contributed by atoms with Crippen molar-refractivity contribution in [1.82, 2.24) is 0 Å². The number of aryl methyl sites for hydroxylation is 2. The van der Waals surface area contributed by atoms with Crippen molar-refractivity contribution < 1.29 is 19.1 Å². The van der Waals surface area contributed by atoms with Crippen LogP contribution < -0.4 is 10.1 Å². The molecule has 0 radical (unpaired) electrons. The maximum Gasteiger partial charge on any atom is 0.411 e. The first-order chi connectivity index (χ1) is 11.0. The van der Waals surface area contributed by atoms with Crippen LogP contribution in [-0.4, -0.2) is 18.7 Å². The Labute approximate surface area is 135 Å². The van der Waals surface area contributed by atoms with Crippen LogP contribution in [0, 0.1) is 13.8 Å². The van der Waals surface area contributed by atoms with E-state index in [-0.39, 0.29) is 0 Å². The first kappa shape index (κ1) is 16.5. The molecular formula is C18H19NO4. The highest BCUT2D eigenvalue weighted by molar-refractivity contribution is 5.91. The van der Waals surface area contributed by atoms with E-state index in [0.717, 1.165) is 11.1 Å². The molecule has 2 aromatic carbocycles. The molecule has 0 fully saturated rings. The zero-order valence-electron chi connectivity index (χ0n) is 13.4. The monoisotopic (exact) mass is 313 g/mol. The summed E-state index contributed by atoms with van der Waals surface area (Å²) in [5, 5.41) is 2.57. The number of hydrogen-bond donors (Lipinski definition) is 1. The van der Waals surface area contributed by atoms with Gasteiger partial charge in [0, 0.05) is 5.69 Å². The molecule has 0 atom stereocenters. The van der Waals surface area contributed by atoms with E-state index in [0.29, 0.717) is 23.6 Å². The topological polar surface area (TPSA) is 64.6 Å². The summed E-state index contributed by atoms with van der Waals surface area (Å²) in [7, 11) is 0. The molecule has 0 aliphatic rings. The number of rotatable bonds is 4. The van der Waals surface area contributed by atoms with E-state index in [2.05, 4.69) is 5.32 Å². The molecule has 0 bridgehead atoms. The maximum atomic E-state index is 12.1. The number of amides is 1. The molecule has 23 heavy (non-hydrogen) atoms. The molecule has 5 heteroatoms. The third kappa shape index (κ3) is 4.57. The zero-order chi connectivity index (χ0) is 16.8. The minimum Gasteiger partial charge on any atom is -0.450 e. The molecule has 0 aromatic heterocycles. The molecule has 5 nitrogen and oxygen atoms in total. The van der Waals surface area contributed by atoms with Gasteiger partial charge in [-0.2, -0.15) is 0 Å². The number of ether oxygens (including phenoxy) is 2. The summed E-state index contributed by atoms with van der Waals surface area (Å²) in [5.74, 6) is -0.0122. The summed E-state index contributed by atoms with van der Waals surface area (Å²) in [6, 6.07) is 11.9. The highest BCUT2D eigenvalue weighted by Gasteiger charge is 2.10. The average molecular weight is 313 g/mol. The third-order valence-electron chi connectivity index (χ3n) is 3.33. The Morgan fingerprint density at radius 3 is 2.30 bits per heavy atom. The molecule has 120 valence electrons. The smallest absolute Gasteiger partial charge is 0.411 e. The van der Waals surface area contributed by atoms with Crippen molar-refractivity contribution in [2.45, 2.75) is 20.8 Å². The van der Waals surface area contributed by atoms with Crippen molar-refractivity contribution in [2.24, 2.45) is 0 Å². The van der Waals surface area contributed by atoms with Crippen molar-refractivity contribution in [1.29, 1.82) is 0 Å². The van der Waals surface area contributed by atoms with E-state index in [1.807, 2.05) is 19.9 Å². The molecule has 1 amide bonds. The lowest BCUT2D eigenvalue weighted by molar-refractivity contribution is 0.0734. The lowest BCUT2D eigenvalue weighted by atomic mass is 10.1. The number of carbonyl (C=O) groups is 2. The van der Waals surface area contributed by atoms with Gasteiger partial charge in [0.2, 0.25) is 0 Å². The van der Waals surface area contributed by atoms with E-state index in [4.69, 9.17) is 9.47 Å². The Kier molecular flexibility index (Phi) is 5.36. The second kappa shape index (κ2) is 7.45. The van der Waals surface area contributed by atoms with Crippen LogP contribution in [0.4, 0.5) is 10.5 Å². The summed E-state index contributed by atoms with van der Waals surface area (Å²) in [6.45, 7) is 5.97. The average Bonchev–Trinajstić information content (AvgIpc) is 2.52. The summed E-state index contributed by atoms with van der Waals surface area (Å²) in [4.78, 5) is 23.4. The molecular weight excluding hydrogens is 294 g/mol. The fourth-order valence-corrected chi connectivity index (χ4v) is 1.93. The summed E-state index contributed by atoms with van der Waals surface area (Å²) < 4.78 is 10.1. The van der Waals surface area contributed by atoms with E-state index in [1.54, 1.807) is 43.3 Å². The minimum absolute atomic E-state index is 0.303. The normalized spacial score (nSPS) is 10.0. The van der Waals surface area contributed by atoms with Crippen molar-refractivity contribution >= 4 is 17.7 Å². The van der Waals surface area contributed by atoms with Gasteiger partial charge in [0.15, 0.2) is 0 Å². The van der Waals surface area contributed by atoms with Crippen LogP contribution in [0.3, 0.4) is 0 Å². The van der Waals surface area contributed by atoms with Gasteiger partial charge in [-0.05, 0) is 68.3 Å². The third-order valence-corrected chi connectivity index (χ3v) is 3.33. The van der Waals surface area contributed by atoms with Gasteiger partial charge in [0.25, 0.3) is 0 Å². The van der Waals surface area contributed by atoms with E-state index in [1.165, 1.54) is 0 Å². The Hall–Kier alpha value is -2.82. The maximum absolute atomic E-state index is 12.1. The van der Waals surface area contributed by atoms with Crippen LogP contribution >= 0.6 is 0 Å². The molecule has 0 aliphatic carbocycles. The van der Waals surface area contributed by atoms with E-state index in [9.17, 15) is 9.59 Å². The highest BCUT2D eigenvalue weighted by atomic mass is 16.5. The highest BCUT2D eigenvalue weighted by Crippen LogP contribution is 2.18. The molecule has 0 heterocycles. The van der Waals surface area contributed by atoms with Gasteiger partial charge in [0.1, 0.15) is 5.75 Å². The van der Waals surface area contributed by atoms with E-state index < -0.39 is 12.1 Å². The minimum atomic E-state index is -0.521. The first-order valence-corrected chi connectivity index (χ1v) is 7.33. The SMILES string of the molecule is CCOC(=O)Nc1ccc(OC(=O)c2ccc(C)c(C)c2)cc1. The van der Waals surface area contributed by atoms with Gasteiger partial charge in [-0.15, -0.1) is 0 Å². The fourth-order valence-electron chi connectivity index (χ4n) is 1.93. The van der Waals surface area contributed by atoms with Crippen molar-refractivity contribution in [3.8, 4) is 5.75 Å². The molecule has 1 N–H and O–H groups in total. The van der Waals surface area contributed by atoms with Crippen LogP contribution in [0.5, 0.6) is 5.75 Å². The summed E-state index contributed by atoms with van der Waals surface area (Å²) in [5.41, 5.74) is 3.22. The fraction of sp³-hybridized carbons (Fsp3) is 0.222. The Bertz CT molecular complexity index is 707. The molecule has 0 saturated carbocycles. The quantitative estimate of drug-likeness (QED) is 0.682. The van der Waals surface area contributed by atoms with Gasteiger partial charge in [-0.1, -0.05) is 6.07 Å². The molecule has 2 rings (SSSR count).